The Morgan fingerprint density at radius 1 is 1.35 bits per heavy atom. The van der Waals surface area contributed by atoms with Crippen molar-refractivity contribution in [1.29, 1.82) is 0 Å². The Labute approximate surface area is 102 Å². The second kappa shape index (κ2) is 5.53. The highest BCUT2D eigenvalue weighted by Gasteiger charge is 2.21. The van der Waals surface area contributed by atoms with Crippen LogP contribution in [-0.2, 0) is 11.3 Å². The number of hydrogen-bond acceptors (Lipinski definition) is 2. The molecule has 1 atom stereocenters. The van der Waals surface area contributed by atoms with E-state index in [2.05, 4.69) is 6.08 Å². The van der Waals surface area contributed by atoms with Gasteiger partial charge in [0.05, 0.1) is 0 Å². The van der Waals surface area contributed by atoms with Gasteiger partial charge in [0.25, 0.3) is 0 Å². The molecule has 0 bridgehead atoms. The van der Waals surface area contributed by atoms with E-state index in [0.29, 0.717) is 13.2 Å². The average molecular weight is 231 g/mol. The van der Waals surface area contributed by atoms with Crippen LogP contribution < -0.4 is 0 Å². The molecule has 3 nitrogen and oxygen atoms in total. The van der Waals surface area contributed by atoms with Crippen LogP contribution in [0.1, 0.15) is 18.9 Å². The van der Waals surface area contributed by atoms with Gasteiger partial charge in [0.2, 0.25) is 0 Å². The average Bonchev–Trinajstić information content (AvgIpc) is 2.38. The molecule has 3 heteroatoms. The van der Waals surface area contributed by atoms with E-state index >= 15 is 0 Å². The van der Waals surface area contributed by atoms with Gasteiger partial charge in [-0.25, -0.2) is 4.79 Å². The number of carbonyl (C=O) groups excluding carboxylic acids is 1. The molecular weight excluding hydrogens is 214 g/mol. The molecule has 17 heavy (non-hydrogen) atoms. The predicted molar refractivity (Wildman–Crippen MR) is 66.6 cm³/mol. The van der Waals surface area contributed by atoms with Crippen LogP contribution in [0.15, 0.2) is 42.5 Å². The lowest BCUT2D eigenvalue weighted by Gasteiger charge is -2.29. The number of carbonyl (C=O) groups is 1. The van der Waals surface area contributed by atoms with Crippen molar-refractivity contribution < 1.29 is 9.53 Å². The molecule has 1 unspecified atom stereocenters. The van der Waals surface area contributed by atoms with Gasteiger partial charge in [0.15, 0.2) is 0 Å². The van der Waals surface area contributed by atoms with Crippen molar-refractivity contribution in [3.05, 3.63) is 48.0 Å². The maximum Gasteiger partial charge on any atom is 0.410 e. The first-order valence-corrected chi connectivity index (χ1v) is 5.89. The van der Waals surface area contributed by atoms with Crippen molar-refractivity contribution >= 4 is 6.09 Å². The molecule has 0 aromatic heterocycles. The number of hydrogen-bond donors (Lipinski definition) is 0. The lowest BCUT2D eigenvalue weighted by molar-refractivity contribution is 0.0864. The summed E-state index contributed by atoms with van der Waals surface area (Å²) in [5.74, 6) is 0. The Balaban J connectivity index is 1.87. The number of amides is 1. The first-order valence-electron chi connectivity index (χ1n) is 5.89. The zero-order chi connectivity index (χ0) is 12.1. The van der Waals surface area contributed by atoms with E-state index < -0.39 is 0 Å². The van der Waals surface area contributed by atoms with Gasteiger partial charge in [-0.3, -0.25) is 0 Å². The molecule has 1 amide bonds. The number of benzene rings is 1. The van der Waals surface area contributed by atoms with Crippen LogP contribution in [0.5, 0.6) is 0 Å². The lowest BCUT2D eigenvalue weighted by atomic mass is 10.1. The van der Waals surface area contributed by atoms with Gasteiger partial charge < -0.3 is 9.64 Å². The fourth-order valence-electron chi connectivity index (χ4n) is 1.85. The molecule has 1 aliphatic heterocycles. The zero-order valence-corrected chi connectivity index (χ0v) is 10.0. The fraction of sp³-hybridized carbons (Fsp3) is 0.357. The van der Waals surface area contributed by atoms with Crippen molar-refractivity contribution in [1.82, 2.24) is 4.90 Å². The third-order valence-corrected chi connectivity index (χ3v) is 2.92. The van der Waals surface area contributed by atoms with E-state index in [0.717, 1.165) is 12.0 Å². The number of ether oxygens (including phenoxy) is 1. The Morgan fingerprint density at radius 3 is 2.82 bits per heavy atom. The van der Waals surface area contributed by atoms with Crippen molar-refractivity contribution in [3.63, 3.8) is 0 Å². The quantitative estimate of drug-likeness (QED) is 0.732. The van der Waals surface area contributed by atoms with Gasteiger partial charge in [-0.05, 0) is 18.9 Å². The number of rotatable bonds is 2. The zero-order valence-electron chi connectivity index (χ0n) is 10.0. The summed E-state index contributed by atoms with van der Waals surface area (Å²) >= 11 is 0. The van der Waals surface area contributed by atoms with Crippen molar-refractivity contribution in [3.8, 4) is 0 Å². The van der Waals surface area contributed by atoms with E-state index in [-0.39, 0.29) is 12.1 Å². The van der Waals surface area contributed by atoms with Gasteiger partial charge in [-0.15, -0.1) is 0 Å². The van der Waals surface area contributed by atoms with Crippen LogP contribution in [0.4, 0.5) is 4.79 Å². The van der Waals surface area contributed by atoms with E-state index in [4.69, 9.17) is 4.74 Å². The number of nitrogens with zero attached hydrogens (tertiary/aromatic N) is 1. The fourth-order valence-corrected chi connectivity index (χ4v) is 1.85. The molecule has 0 fully saturated rings. The van der Waals surface area contributed by atoms with Gasteiger partial charge in [-0.1, -0.05) is 42.5 Å². The van der Waals surface area contributed by atoms with Crippen LogP contribution in [-0.4, -0.2) is 23.6 Å². The second-order valence-corrected chi connectivity index (χ2v) is 4.25. The van der Waals surface area contributed by atoms with Crippen LogP contribution in [0.25, 0.3) is 0 Å². The van der Waals surface area contributed by atoms with Crippen LogP contribution >= 0.6 is 0 Å². The van der Waals surface area contributed by atoms with Crippen molar-refractivity contribution in [2.24, 2.45) is 0 Å². The third-order valence-electron chi connectivity index (χ3n) is 2.92. The Morgan fingerprint density at radius 2 is 2.12 bits per heavy atom. The van der Waals surface area contributed by atoms with E-state index in [9.17, 15) is 4.79 Å². The molecule has 90 valence electrons. The summed E-state index contributed by atoms with van der Waals surface area (Å²) in [6.07, 6.45) is 4.78. The summed E-state index contributed by atoms with van der Waals surface area (Å²) in [7, 11) is 0. The molecule has 2 rings (SSSR count). The van der Waals surface area contributed by atoms with Gasteiger partial charge >= 0.3 is 6.09 Å². The van der Waals surface area contributed by atoms with Gasteiger partial charge in [-0.2, -0.15) is 0 Å². The minimum atomic E-state index is -0.231. The Bertz CT molecular complexity index is 400. The molecule has 0 radical (unpaired) electrons. The predicted octanol–water partition coefficient (Wildman–Crippen LogP) is 2.97. The van der Waals surface area contributed by atoms with Crippen LogP contribution in [0, 0.1) is 0 Å². The van der Waals surface area contributed by atoms with E-state index in [1.807, 2.05) is 43.3 Å². The minimum Gasteiger partial charge on any atom is -0.445 e. The third kappa shape index (κ3) is 3.09. The summed E-state index contributed by atoms with van der Waals surface area (Å²) in [4.78, 5) is 13.6. The Kier molecular flexibility index (Phi) is 3.81. The highest BCUT2D eigenvalue weighted by Crippen LogP contribution is 2.12. The van der Waals surface area contributed by atoms with Crippen LogP contribution in [0.2, 0.25) is 0 Å². The SMILES string of the molecule is CC1CC=CCN1C(=O)OCc1ccccc1. The molecule has 0 saturated heterocycles. The first kappa shape index (κ1) is 11.7. The lowest BCUT2D eigenvalue weighted by Crippen LogP contribution is -2.40. The molecule has 0 spiro atoms. The van der Waals surface area contributed by atoms with Crippen molar-refractivity contribution in [2.45, 2.75) is 26.0 Å². The molecule has 0 aliphatic carbocycles. The summed E-state index contributed by atoms with van der Waals surface area (Å²) < 4.78 is 5.29. The topological polar surface area (TPSA) is 29.5 Å². The van der Waals surface area contributed by atoms with E-state index in [1.165, 1.54) is 0 Å². The summed E-state index contributed by atoms with van der Waals surface area (Å²) in [5.41, 5.74) is 1.01. The largest absolute Gasteiger partial charge is 0.445 e. The Hall–Kier alpha value is -1.77. The molecule has 0 N–H and O–H groups in total. The summed E-state index contributed by atoms with van der Waals surface area (Å²) in [5, 5.41) is 0. The molecule has 1 aromatic carbocycles. The molecular formula is C14H17NO2. The second-order valence-electron chi connectivity index (χ2n) is 4.25. The maximum absolute atomic E-state index is 11.9. The highest BCUT2D eigenvalue weighted by molar-refractivity contribution is 5.68. The highest BCUT2D eigenvalue weighted by atomic mass is 16.6. The maximum atomic E-state index is 11.9. The monoisotopic (exact) mass is 231 g/mol. The first-order chi connectivity index (χ1) is 8.27. The van der Waals surface area contributed by atoms with Gasteiger partial charge in [0, 0.05) is 12.6 Å². The van der Waals surface area contributed by atoms with Crippen LogP contribution in [0.3, 0.4) is 0 Å². The normalized spacial score (nSPS) is 19.1. The smallest absolute Gasteiger partial charge is 0.410 e. The minimum absolute atomic E-state index is 0.225. The van der Waals surface area contributed by atoms with Crippen molar-refractivity contribution in [2.75, 3.05) is 6.54 Å². The summed E-state index contributed by atoms with van der Waals surface area (Å²) in [6.45, 7) is 3.02. The molecule has 0 saturated carbocycles. The van der Waals surface area contributed by atoms with Gasteiger partial charge in [0.1, 0.15) is 6.61 Å². The molecule has 1 aliphatic rings. The summed E-state index contributed by atoms with van der Waals surface area (Å²) in [6, 6.07) is 9.95. The molecule has 1 aromatic rings. The van der Waals surface area contributed by atoms with E-state index in [1.54, 1.807) is 4.90 Å². The molecule has 1 heterocycles. The standard InChI is InChI=1S/C14H17NO2/c1-12-7-5-6-10-15(12)14(16)17-11-13-8-3-2-4-9-13/h2-6,8-9,12H,7,10-11H2,1H3.